The summed E-state index contributed by atoms with van der Waals surface area (Å²) in [5.74, 6) is 1.20. The summed E-state index contributed by atoms with van der Waals surface area (Å²) in [6.45, 7) is 4.96. The van der Waals surface area contributed by atoms with Crippen LogP contribution >= 0.6 is 0 Å². The molecule has 1 unspecified atom stereocenters. The second-order valence-electron chi connectivity index (χ2n) is 7.92. The third kappa shape index (κ3) is 4.39. The number of hydrogen-bond acceptors (Lipinski definition) is 6. The molecular weight excluding hydrogens is 394 g/mol. The summed E-state index contributed by atoms with van der Waals surface area (Å²) in [6.07, 6.45) is 3.78. The second-order valence-corrected chi connectivity index (χ2v) is 7.92. The number of likely N-dealkylation sites (tertiary alicyclic amines) is 1. The summed E-state index contributed by atoms with van der Waals surface area (Å²) in [7, 11) is 3.04. The minimum atomic E-state index is -0.200. The van der Waals surface area contributed by atoms with Crippen LogP contribution in [0, 0.1) is 0 Å². The Morgan fingerprint density at radius 3 is 2.45 bits per heavy atom. The first-order valence-electron chi connectivity index (χ1n) is 10.8. The van der Waals surface area contributed by atoms with E-state index >= 15 is 0 Å². The topological polar surface area (TPSA) is 61.1 Å². The van der Waals surface area contributed by atoms with Gasteiger partial charge in [-0.25, -0.2) is 0 Å². The molecule has 1 aliphatic rings. The number of hydrogen-bond donors (Lipinski definition) is 0. The van der Waals surface area contributed by atoms with Gasteiger partial charge in [-0.05, 0) is 38.4 Å². The predicted molar refractivity (Wildman–Crippen MR) is 121 cm³/mol. The molecule has 0 amide bonds. The van der Waals surface area contributed by atoms with Crippen molar-refractivity contribution in [2.75, 3.05) is 33.9 Å². The Morgan fingerprint density at radius 1 is 1.03 bits per heavy atom. The Kier molecular flexibility index (Phi) is 6.47. The highest BCUT2D eigenvalue weighted by Gasteiger charge is 2.22. The number of rotatable bonds is 7. The molecule has 4 rings (SSSR count). The lowest BCUT2D eigenvalue weighted by atomic mass is 10.0. The number of nitrogens with zero attached hydrogens (tertiary/aromatic N) is 1. The largest absolute Gasteiger partial charge is 0.496 e. The van der Waals surface area contributed by atoms with Crippen molar-refractivity contribution >= 4 is 11.0 Å². The summed E-state index contributed by atoms with van der Waals surface area (Å²) in [5, 5.41) is 0.374. The van der Waals surface area contributed by atoms with Crippen LogP contribution in [0.3, 0.4) is 0 Å². The fraction of sp³-hybridized carbons (Fsp3) is 0.400. The van der Waals surface area contributed by atoms with Gasteiger partial charge in [-0.2, -0.15) is 0 Å². The Balaban J connectivity index is 1.70. The first kappa shape index (κ1) is 21.2. The van der Waals surface area contributed by atoms with Gasteiger partial charge in [0, 0.05) is 18.2 Å². The lowest BCUT2D eigenvalue weighted by molar-refractivity contribution is 0.125. The molecule has 1 aromatic heterocycles. The Morgan fingerprint density at radius 2 is 1.77 bits per heavy atom. The predicted octanol–water partition coefficient (Wildman–Crippen LogP) is 4.73. The van der Waals surface area contributed by atoms with Gasteiger partial charge in [-0.1, -0.05) is 36.8 Å². The number of benzene rings is 2. The van der Waals surface area contributed by atoms with Gasteiger partial charge < -0.3 is 18.6 Å². The van der Waals surface area contributed by atoms with Gasteiger partial charge in [0.15, 0.2) is 0 Å². The molecule has 0 bridgehead atoms. The average molecular weight is 424 g/mol. The fourth-order valence-electron chi connectivity index (χ4n) is 4.16. The second kappa shape index (κ2) is 9.43. The van der Waals surface area contributed by atoms with Gasteiger partial charge in [0.1, 0.15) is 34.6 Å². The molecule has 1 atom stereocenters. The lowest BCUT2D eigenvalue weighted by Crippen LogP contribution is -2.40. The average Bonchev–Trinajstić information content (AvgIpc) is 2.82. The summed E-state index contributed by atoms with van der Waals surface area (Å²) in [6, 6.07) is 13.1. The smallest absolute Gasteiger partial charge is 0.296 e. The van der Waals surface area contributed by atoms with E-state index in [1.54, 1.807) is 19.2 Å². The molecule has 164 valence electrons. The van der Waals surface area contributed by atoms with Crippen LogP contribution in [0.15, 0.2) is 51.7 Å². The molecule has 1 saturated heterocycles. The molecule has 2 heterocycles. The van der Waals surface area contributed by atoms with Crippen LogP contribution in [0.2, 0.25) is 0 Å². The summed E-state index contributed by atoms with van der Waals surface area (Å²) < 4.78 is 23.0. The third-order valence-electron chi connectivity index (χ3n) is 5.87. The minimum Gasteiger partial charge on any atom is -0.496 e. The third-order valence-corrected chi connectivity index (χ3v) is 5.87. The molecule has 0 radical (unpaired) electrons. The highest BCUT2D eigenvalue weighted by Crippen LogP contribution is 2.36. The van der Waals surface area contributed by atoms with Crippen LogP contribution < -0.4 is 19.6 Å². The molecule has 0 aliphatic carbocycles. The maximum atomic E-state index is 13.4. The number of fused-ring (bicyclic) bond motifs is 1. The Hall–Kier alpha value is -2.99. The van der Waals surface area contributed by atoms with E-state index in [1.165, 1.54) is 26.4 Å². The van der Waals surface area contributed by atoms with Crippen LogP contribution in [0.25, 0.3) is 22.1 Å². The Bertz CT molecular complexity index is 1090. The lowest BCUT2D eigenvalue weighted by Gasteiger charge is -2.32. The van der Waals surface area contributed by atoms with Crippen LogP contribution in [0.5, 0.6) is 17.4 Å². The van der Waals surface area contributed by atoms with Gasteiger partial charge in [0.05, 0.1) is 14.2 Å². The zero-order valence-corrected chi connectivity index (χ0v) is 18.3. The van der Waals surface area contributed by atoms with E-state index in [0.717, 1.165) is 18.7 Å². The van der Waals surface area contributed by atoms with Crippen molar-refractivity contribution < 1.29 is 18.6 Å². The standard InChI is InChI=1S/C25H29NO5/c1-17(26-12-8-5-9-13-26)16-30-19-14-20(28-2)23-21(15-19)31-25(29-3)22(24(23)27)18-10-6-4-7-11-18/h4,6-7,10-11,14-15,17H,5,8-9,12-13,16H2,1-3H3. The monoisotopic (exact) mass is 423 g/mol. The van der Waals surface area contributed by atoms with Gasteiger partial charge in [0.25, 0.3) is 5.95 Å². The normalized spacial score (nSPS) is 15.6. The number of piperidine rings is 1. The summed E-state index contributed by atoms with van der Waals surface area (Å²) in [5.41, 5.74) is 1.28. The fourth-order valence-corrected chi connectivity index (χ4v) is 4.16. The molecule has 31 heavy (non-hydrogen) atoms. The highest BCUT2D eigenvalue weighted by atomic mass is 16.6. The SMILES string of the molecule is COc1oc2cc(OCC(C)N3CCCCC3)cc(OC)c2c(=O)c1-c1ccccc1. The molecule has 0 spiro atoms. The van der Waals surface area contributed by atoms with Gasteiger partial charge in [0.2, 0.25) is 5.43 Å². The molecule has 6 heteroatoms. The van der Waals surface area contributed by atoms with Crippen LogP contribution in [-0.2, 0) is 0 Å². The molecule has 6 nitrogen and oxygen atoms in total. The minimum absolute atomic E-state index is 0.171. The highest BCUT2D eigenvalue weighted by molar-refractivity contribution is 5.90. The van der Waals surface area contributed by atoms with E-state index < -0.39 is 0 Å². The zero-order valence-electron chi connectivity index (χ0n) is 18.3. The molecule has 2 aromatic carbocycles. The van der Waals surface area contributed by atoms with Crippen molar-refractivity contribution in [3.8, 4) is 28.6 Å². The number of ether oxygens (including phenoxy) is 3. The van der Waals surface area contributed by atoms with E-state index in [4.69, 9.17) is 18.6 Å². The molecule has 3 aromatic rings. The van der Waals surface area contributed by atoms with Crippen molar-refractivity contribution in [3.63, 3.8) is 0 Å². The summed E-state index contributed by atoms with van der Waals surface area (Å²) in [4.78, 5) is 15.9. The molecule has 1 aliphatic heterocycles. The van der Waals surface area contributed by atoms with Crippen molar-refractivity contribution in [2.24, 2.45) is 0 Å². The van der Waals surface area contributed by atoms with Crippen LogP contribution in [0.4, 0.5) is 0 Å². The molecule has 0 N–H and O–H groups in total. The van der Waals surface area contributed by atoms with E-state index in [-0.39, 0.29) is 11.4 Å². The van der Waals surface area contributed by atoms with E-state index in [1.807, 2.05) is 30.3 Å². The molecule has 1 fully saturated rings. The van der Waals surface area contributed by atoms with E-state index in [0.29, 0.717) is 40.7 Å². The number of methoxy groups -OCH3 is 2. The quantitative estimate of drug-likeness (QED) is 0.548. The Labute approximate surface area is 182 Å². The van der Waals surface area contributed by atoms with Crippen molar-refractivity contribution in [2.45, 2.75) is 32.2 Å². The van der Waals surface area contributed by atoms with Gasteiger partial charge in [-0.3, -0.25) is 9.69 Å². The summed E-state index contributed by atoms with van der Waals surface area (Å²) >= 11 is 0. The first-order valence-corrected chi connectivity index (χ1v) is 10.8. The van der Waals surface area contributed by atoms with Crippen molar-refractivity contribution in [3.05, 3.63) is 52.7 Å². The van der Waals surface area contributed by atoms with Gasteiger partial charge in [-0.15, -0.1) is 0 Å². The van der Waals surface area contributed by atoms with Crippen LogP contribution in [0.1, 0.15) is 26.2 Å². The first-order chi connectivity index (χ1) is 15.1. The molecule has 0 saturated carbocycles. The maximum absolute atomic E-state index is 13.4. The molecular formula is C25H29NO5. The zero-order chi connectivity index (χ0) is 21.8. The van der Waals surface area contributed by atoms with Crippen molar-refractivity contribution in [1.82, 2.24) is 4.90 Å². The van der Waals surface area contributed by atoms with Crippen molar-refractivity contribution in [1.29, 1.82) is 0 Å². The van der Waals surface area contributed by atoms with Crippen LogP contribution in [-0.4, -0.2) is 44.9 Å². The van der Waals surface area contributed by atoms with E-state index in [2.05, 4.69) is 11.8 Å². The van der Waals surface area contributed by atoms with E-state index in [9.17, 15) is 4.79 Å². The van der Waals surface area contributed by atoms with Gasteiger partial charge >= 0.3 is 0 Å². The maximum Gasteiger partial charge on any atom is 0.296 e.